The molecule has 1 aromatic rings. The quantitative estimate of drug-likeness (QED) is 0.424. The number of hydrogen-bond acceptors (Lipinski definition) is 3. The standard InChI is InChI=1S/C19H29NO3Si/c1-6-24(7-2,8-3)23-17-16(14(4)5)20(19(17)22)18(21)15-12-10-9-11-13-15/h9-14,16-17H,6-8H2,1-5H3. The summed E-state index contributed by atoms with van der Waals surface area (Å²) in [5.41, 5.74) is 0.555. The largest absolute Gasteiger partial charge is 0.403 e. The Morgan fingerprint density at radius 3 is 2.12 bits per heavy atom. The van der Waals surface area contributed by atoms with Gasteiger partial charge in [0.15, 0.2) is 8.32 Å². The zero-order valence-corrected chi connectivity index (χ0v) is 16.4. The van der Waals surface area contributed by atoms with Crippen LogP contribution in [0, 0.1) is 5.92 Å². The van der Waals surface area contributed by atoms with Crippen molar-refractivity contribution in [3.63, 3.8) is 0 Å². The molecule has 1 fully saturated rings. The van der Waals surface area contributed by atoms with Gasteiger partial charge in [-0.05, 0) is 36.2 Å². The lowest BCUT2D eigenvalue weighted by molar-refractivity contribution is -0.161. The minimum absolute atomic E-state index is 0.165. The summed E-state index contributed by atoms with van der Waals surface area (Å²) in [6.45, 7) is 10.6. The molecule has 0 N–H and O–H groups in total. The molecular formula is C19H29NO3Si. The van der Waals surface area contributed by atoms with E-state index in [1.807, 2.05) is 32.0 Å². The molecule has 4 nitrogen and oxygen atoms in total. The van der Waals surface area contributed by atoms with Gasteiger partial charge < -0.3 is 4.43 Å². The van der Waals surface area contributed by atoms with E-state index in [0.717, 1.165) is 18.1 Å². The number of amides is 2. The summed E-state index contributed by atoms with van der Waals surface area (Å²) in [5.74, 6) is -0.205. The summed E-state index contributed by atoms with van der Waals surface area (Å²) in [7, 11) is -1.88. The minimum Gasteiger partial charge on any atom is -0.403 e. The van der Waals surface area contributed by atoms with E-state index in [-0.39, 0.29) is 23.8 Å². The van der Waals surface area contributed by atoms with Gasteiger partial charge in [-0.2, -0.15) is 0 Å². The molecule has 1 heterocycles. The molecule has 1 aliphatic heterocycles. The van der Waals surface area contributed by atoms with Crippen molar-refractivity contribution >= 4 is 20.1 Å². The first kappa shape index (κ1) is 18.9. The van der Waals surface area contributed by atoms with Crippen molar-refractivity contribution in [1.29, 1.82) is 0 Å². The average Bonchev–Trinajstić information content (AvgIpc) is 2.61. The van der Waals surface area contributed by atoms with Crippen LogP contribution in [0.3, 0.4) is 0 Å². The molecule has 1 aliphatic rings. The van der Waals surface area contributed by atoms with Crippen LogP contribution in [0.2, 0.25) is 18.1 Å². The van der Waals surface area contributed by atoms with Crippen LogP contribution in [0.5, 0.6) is 0 Å². The number of likely N-dealkylation sites (tertiary alicyclic amines) is 1. The SMILES string of the molecule is CC[Si](CC)(CC)OC1C(=O)N(C(=O)c2ccccc2)C1C(C)C. The van der Waals surface area contributed by atoms with Crippen LogP contribution >= 0.6 is 0 Å². The molecule has 0 saturated carbocycles. The maximum atomic E-state index is 12.7. The van der Waals surface area contributed by atoms with Crippen molar-refractivity contribution in [2.24, 2.45) is 5.92 Å². The third kappa shape index (κ3) is 3.33. The Hall–Kier alpha value is -1.46. The summed E-state index contributed by atoms with van der Waals surface area (Å²) >= 11 is 0. The fourth-order valence-electron chi connectivity index (χ4n) is 3.48. The van der Waals surface area contributed by atoms with Crippen LogP contribution in [0.4, 0.5) is 0 Å². The van der Waals surface area contributed by atoms with Gasteiger partial charge in [-0.3, -0.25) is 14.5 Å². The number of carbonyl (C=O) groups excluding carboxylic acids is 2. The van der Waals surface area contributed by atoms with Gasteiger partial charge in [-0.25, -0.2) is 0 Å². The lowest BCUT2D eigenvalue weighted by Gasteiger charge is -2.50. The maximum Gasteiger partial charge on any atom is 0.260 e. The molecule has 2 atom stereocenters. The predicted molar refractivity (Wildman–Crippen MR) is 98.3 cm³/mol. The highest BCUT2D eigenvalue weighted by atomic mass is 28.4. The summed E-state index contributed by atoms with van der Waals surface area (Å²) in [6, 6.07) is 11.8. The molecule has 0 radical (unpaired) electrons. The zero-order chi connectivity index (χ0) is 17.9. The number of rotatable bonds is 7. The van der Waals surface area contributed by atoms with Crippen molar-refractivity contribution in [2.45, 2.75) is 64.9 Å². The fraction of sp³-hybridized carbons (Fsp3) is 0.579. The van der Waals surface area contributed by atoms with Gasteiger partial charge in [0, 0.05) is 5.56 Å². The number of benzene rings is 1. The Bertz CT molecular complexity index is 575. The van der Waals surface area contributed by atoms with Crippen LogP contribution < -0.4 is 0 Å². The van der Waals surface area contributed by atoms with E-state index in [9.17, 15) is 9.59 Å². The smallest absolute Gasteiger partial charge is 0.260 e. The first-order chi connectivity index (χ1) is 11.4. The highest BCUT2D eigenvalue weighted by Crippen LogP contribution is 2.35. The first-order valence-corrected chi connectivity index (χ1v) is 11.5. The van der Waals surface area contributed by atoms with Crippen LogP contribution in [0.15, 0.2) is 30.3 Å². The third-order valence-electron chi connectivity index (χ3n) is 5.32. The Labute approximate surface area is 146 Å². The van der Waals surface area contributed by atoms with E-state index in [1.54, 1.807) is 12.1 Å². The lowest BCUT2D eigenvalue weighted by Crippen LogP contribution is -2.71. The number of carbonyl (C=O) groups is 2. The number of nitrogens with zero attached hydrogens (tertiary/aromatic N) is 1. The molecule has 2 amide bonds. The second-order valence-electron chi connectivity index (χ2n) is 6.90. The van der Waals surface area contributed by atoms with Gasteiger partial charge >= 0.3 is 0 Å². The molecule has 2 unspecified atom stereocenters. The van der Waals surface area contributed by atoms with Crippen molar-refractivity contribution < 1.29 is 14.0 Å². The molecule has 0 bridgehead atoms. The average molecular weight is 348 g/mol. The summed E-state index contributed by atoms with van der Waals surface area (Å²) in [4.78, 5) is 26.9. The second-order valence-corrected chi connectivity index (χ2v) is 11.6. The second kappa shape index (κ2) is 7.62. The molecule has 1 aromatic carbocycles. The van der Waals surface area contributed by atoms with Crippen molar-refractivity contribution in [3.8, 4) is 0 Å². The summed E-state index contributed by atoms with van der Waals surface area (Å²) in [6.07, 6.45) is -0.454. The first-order valence-electron chi connectivity index (χ1n) is 9.01. The molecule has 2 rings (SSSR count). The fourth-order valence-corrected chi connectivity index (χ4v) is 6.25. The van der Waals surface area contributed by atoms with E-state index in [0.29, 0.717) is 5.56 Å². The minimum atomic E-state index is -1.88. The number of hydrogen-bond donors (Lipinski definition) is 0. The van der Waals surface area contributed by atoms with E-state index in [4.69, 9.17) is 4.43 Å². The van der Waals surface area contributed by atoms with Crippen molar-refractivity contribution in [3.05, 3.63) is 35.9 Å². The Morgan fingerprint density at radius 2 is 1.67 bits per heavy atom. The topological polar surface area (TPSA) is 46.6 Å². The van der Waals surface area contributed by atoms with Gasteiger partial charge in [0.1, 0.15) is 6.10 Å². The zero-order valence-electron chi connectivity index (χ0n) is 15.4. The van der Waals surface area contributed by atoms with Crippen molar-refractivity contribution in [1.82, 2.24) is 4.90 Å². The van der Waals surface area contributed by atoms with Gasteiger partial charge in [0.25, 0.3) is 11.8 Å². The van der Waals surface area contributed by atoms with Crippen LogP contribution in [0.1, 0.15) is 45.0 Å². The normalized spacial score (nSPS) is 21.1. The van der Waals surface area contributed by atoms with E-state index >= 15 is 0 Å². The number of imide groups is 1. The monoisotopic (exact) mass is 347 g/mol. The van der Waals surface area contributed by atoms with E-state index in [2.05, 4.69) is 20.8 Å². The Balaban J connectivity index is 2.22. The Morgan fingerprint density at radius 1 is 1.12 bits per heavy atom. The lowest BCUT2D eigenvalue weighted by atomic mass is 9.87. The molecule has 1 saturated heterocycles. The highest BCUT2D eigenvalue weighted by molar-refractivity contribution is 6.73. The maximum absolute atomic E-state index is 12.7. The molecule has 0 aliphatic carbocycles. The van der Waals surface area contributed by atoms with E-state index < -0.39 is 14.4 Å². The third-order valence-corrected chi connectivity index (χ3v) is 9.94. The van der Waals surface area contributed by atoms with Crippen molar-refractivity contribution in [2.75, 3.05) is 0 Å². The molecule has 24 heavy (non-hydrogen) atoms. The summed E-state index contributed by atoms with van der Waals surface area (Å²) < 4.78 is 6.42. The van der Waals surface area contributed by atoms with Gasteiger partial charge in [-0.1, -0.05) is 52.8 Å². The molecule has 132 valence electrons. The predicted octanol–water partition coefficient (Wildman–Crippen LogP) is 4.08. The van der Waals surface area contributed by atoms with Crippen LogP contribution in [-0.4, -0.2) is 37.2 Å². The molecule has 5 heteroatoms. The van der Waals surface area contributed by atoms with Gasteiger partial charge in [0.2, 0.25) is 0 Å². The highest BCUT2D eigenvalue weighted by Gasteiger charge is 2.55. The number of β-lactam (4-membered cyclic amide) rings is 1. The van der Waals surface area contributed by atoms with Gasteiger partial charge in [-0.15, -0.1) is 0 Å². The van der Waals surface area contributed by atoms with Crippen LogP contribution in [-0.2, 0) is 9.22 Å². The van der Waals surface area contributed by atoms with Gasteiger partial charge in [0.05, 0.1) is 6.04 Å². The van der Waals surface area contributed by atoms with Crippen LogP contribution in [0.25, 0.3) is 0 Å². The molecular weight excluding hydrogens is 318 g/mol. The molecule has 0 aromatic heterocycles. The molecule has 0 spiro atoms. The Kier molecular flexibility index (Phi) is 5.99. The van der Waals surface area contributed by atoms with E-state index in [1.165, 1.54) is 4.90 Å². The summed E-state index contributed by atoms with van der Waals surface area (Å²) in [5, 5.41) is 0.